The quantitative estimate of drug-likeness (QED) is 0.763. The first-order valence-corrected chi connectivity index (χ1v) is 7.08. The van der Waals surface area contributed by atoms with Gasteiger partial charge in [0.1, 0.15) is 5.54 Å². The van der Waals surface area contributed by atoms with E-state index in [9.17, 15) is 9.59 Å². The highest BCUT2D eigenvalue weighted by atomic mass is 16.4. The van der Waals surface area contributed by atoms with E-state index in [1.54, 1.807) is 0 Å². The molecule has 2 aliphatic heterocycles. The van der Waals surface area contributed by atoms with Crippen LogP contribution in [0.25, 0.3) is 0 Å². The van der Waals surface area contributed by atoms with Gasteiger partial charge in [-0.2, -0.15) is 0 Å². The van der Waals surface area contributed by atoms with Crippen molar-refractivity contribution in [1.29, 1.82) is 0 Å². The van der Waals surface area contributed by atoms with Crippen LogP contribution in [0.1, 0.15) is 32.6 Å². The summed E-state index contributed by atoms with van der Waals surface area (Å²) in [4.78, 5) is 27.7. The standard InChI is InChI=1S/C13H21N3O3/c1-9-7-15-6-2-3-10(15)8-16(9)12(19)14-13(4-5-13)11(17)18/h9-10H,2-8H2,1H3,(H,14,19)(H,17,18). The van der Waals surface area contributed by atoms with E-state index in [1.165, 1.54) is 6.42 Å². The molecule has 2 amide bonds. The van der Waals surface area contributed by atoms with Crippen molar-refractivity contribution in [2.75, 3.05) is 19.6 Å². The van der Waals surface area contributed by atoms with Gasteiger partial charge < -0.3 is 15.3 Å². The molecule has 6 heteroatoms. The van der Waals surface area contributed by atoms with Gasteiger partial charge in [0.15, 0.2) is 0 Å². The SMILES string of the molecule is CC1CN2CCCC2CN1C(=O)NC1(C(=O)O)CC1. The van der Waals surface area contributed by atoms with Gasteiger partial charge in [0, 0.05) is 25.2 Å². The Bertz CT molecular complexity index is 408. The number of hydrogen-bond acceptors (Lipinski definition) is 3. The molecule has 106 valence electrons. The van der Waals surface area contributed by atoms with Crippen molar-refractivity contribution in [2.24, 2.45) is 0 Å². The molecule has 0 radical (unpaired) electrons. The van der Waals surface area contributed by atoms with E-state index in [2.05, 4.69) is 10.2 Å². The van der Waals surface area contributed by atoms with Gasteiger partial charge in [0.25, 0.3) is 0 Å². The van der Waals surface area contributed by atoms with Crippen LogP contribution in [0.5, 0.6) is 0 Å². The van der Waals surface area contributed by atoms with Crippen LogP contribution in [0.2, 0.25) is 0 Å². The van der Waals surface area contributed by atoms with Crippen LogP contribution >= 0.6 is 0 Å². The first-order chi connectivity index (χ1) is 9.02. The molecule has 0 bridgehead atoms. The Morgan fingerprint density at radius 2 is 2.05 bits per heavy atom. The zero-order valence-corrected chi connectivity index (χ0v) is 11.3. The number of nitrogens with zero attached hydrogens (tertiary/aromatic N) is 2. The minimum atomic E-state index is -0.983. The van der Waals surface area contributed by atoms with Gasteiger partial charge >= 0.3 is 12.0 Å². The number of fused-ring (bicyclic) bond motifs is 1. The van der Waals surface area contributed by atoms with Crippen molar-refractivity contribution in [3.8, 4) is 0 Å². The van der Waals surface area contributed by atoms with E-state index in [0.29, 0.717) is 18.9 Å². The van der Waals surface area contributed by atoms with Crippen molar-refractivity contribution >= 4 is 12.0 Å². The first kappa shape index (κ1) is 12.7. The van der Waals surface area contributed by atoms with Gasteiger partial charge in [-0.15, -0.1) is 0 Å². The number of urea groups is 1. The predicted molar refractivity (Wildman–Crippen MR) is 68.9 cm³/mol. The lowest BCUT2D eigenvalue weighted by Gasteiger charge is -2.42. The van der Waals surface area contributed by atoms with Crippen LogP contribution < -0.4 is 5.32 Å². The molecular formula is C13H21N3O3. The molecule has 3 rings (SSSR count). The summed E-state index contributed by atoms with van der Waals surface area (Å²) in [5, 5.41) is 11.8. The van der Waals surface area contributed by atoms with Gasteiger partial charge in [-0.25, -0.2) is 9.59 Å². The topological polar surface area (TPSA) is 72.9 Å². The molecule has 0 aromatic heterocycles. The van der Waals surface area contributed by atoms with Crippen LogP contribution in [0.4, 0.5) is 4.79 Å². The lowest BCUT2D eigenvalue weighted by atomic mass is 10.1. The molecular weight excluding hydrogens is 246 g/mol. The number of carboxylic acids is 1. The van der Waals surface area contributed by atoms with Gasteiger partial charge in [-0.1, -0.05) is 0 Å². The van der Waals surface area contributed by atoms with Crippen molar-refractivity contribution < 1.29 is 14.7 Å². The Hall–Kier alpha value is -1.30. The summed E-state index contributed by atoms with van der Waals surface area (Å²) in [5.41, 5.74) is -0.983. The molecule has 19 heavy (non-hydrogen) atoms. The minimum Gasteiger partial charge on any atom is -0.480 e. The first-order valence-electron chi connectivity index (χ1n) is 7.08. The van der Waals surface area contributed by atoms with Crippen LogP contribution in [0.3, 0.4) is 0 Å². The molecule has 3 aliphatic rings. The Labute approximate surface area is 112 Å². The molecule has 2 heterocycles. The maximum Gasteiger partial charge on any atom is 0.329 e. The summed E-state index contributed by atoms with van der Waals surface area (Å²) in [6.45, 7) is 4.79. The second kappa shape index (κ2) is 4.37. The fourth-order valence-electron chi connectivity index (χ4n) is 3.26. The summed E-state index contributed by atoms with van der Waals surface area (Å²) >= 11 is 0. The van der Waals surface area contributed by atoms with E-state index in [1.807, 2.05) is 11.8 Å². The lowest BCUT2D eigenvalue weighted by Crippen LogP contribution is -2.61. The number of piperazine rings is 1. The fourth-order valence-corrected chi connectivity index (χ4v) is 3.26. The number of carbonyl (C=O) groups excluding carboxylic acids is 1. The molecule has 3 fully saturated rings. The minimum absolute atomic E-state index is 0.152. The number of rotatable bonds is 2. The van der Waals surface area contributed by atoms with Crippen LogP contribution in [0.15, 0.2) is 0 Å². The lowest BCUT2D eigenvalue weighted by molar-refractivity contribution is -0.140. The third kappa shape index (κ3) is 2.18. The third-order valence-corrected chi connectivity index (χ3v) is 4.70. The Morgan fingerprint density at radius 1 is 1.32 bits per heavy atom. The Balaban J connectivity index is 1.65. The van der Waals surface area contributed by atoms with E-state index < -0.39 is 11.5 Å². The number of hydrogen-bond donors (Lipinski definition) is 2. The highest BCUT2D eigenvalue weighted by Gasteiger charge is 2.52. The van der Waals surface area contributed by atoms with Crippen molar-refractivity contribution in [3.05, 3.63) is 0 Å². The van der Waals surface area contributed by atoms with Crippen molar-refractivity contribution in [2.45, 2.75) is 50.2 Å². The second-order valence-electron chi connectivity index (χ2n) is 6.11. The number of nitrogens with one attached hydrogen (secondary N) is 1. The highest BCUT2D eigenvalue weighted by Crippen LogP contribution is 2.36. The van der Waals surface area contributed by atoms with Crippen LogP contribution in [0, 0.1) is 0 Å². The maximum atomic E-state index is 12.3. The molecule has 2 atom stereocenters. The van der Waals surface area contributed by atoms with Crippen molar-refractivity contribution in [3.63, 3.8) is 0 Å². The van der Waals surface area contributed by atoms with E-state index in [4.69, 9.17) is 5.11 Å². The largest absolute Gasteiger partial charge is 0.480 e. The summed E-state index contributed by atoms with van der Waals surface area (Å²) in [6.07, 6.45) is 3.43. The highest BCUT2D eigenvalue weighted by molar-refractivity contribution is 5.89. The van der Waals surface area contributed by atoms with E-state index in [0.717, 1.165) is 26.1 Å². The summed E-state index contributed by atoms with van der Waals surface area (Å²) < 4.78 is 0. The fraction of sp³-hybridized carbons (Fsp3) is 0.846. The van der Waals surface area contributed by atoms with Crippen LogP contribution in [-0.2, 0) is 4.79 Å². The molecule has 6 nitrogen and oxygen atoms in total. The van der Waals surface area contributed by atoms with E-state index >= 15 is 0 Å². The van der Waals surface area contributed by atoms with Crippen LogP contribution in [-0.4, -0.2) is 64.2 Å². The summed E-state index contributed by atoms with van der Waals surface area (Å²) in [7, 11) is 0. The summed E-state index contributed by atoms with van der Waals surface area (Å²) in [6, 6.07) is 0.403. The predicted octanol–water partition coefficient (Wildman–Crippen LogP) is 0.482. The van der Waals surface area contributed by atoms with Gasteiger partial charge in [0.2, 0.25) is 0 Å². The molecule has 2 N–H and O–H groups in total. The second-order valence-corrected chi connectivity index (χ2v) is 6.11. The zero-order chi connectivity index (χ0) is 13.6. The van der Waals surface area contributed by atoms with Crippen molar-refractivity contribution in [1.82, 2.24) is 15.1 Å². The number of aliphatic carboxylic acids is 1. The normalized spacial score (nSPS) is 32.8. The molecule has 1 aliphatic carbocycles. The molecule has 2 unspecified atom stereocenters. The number of amides is 2. The Morgan fingerprint density at radius 3 is 2.68 bits per heavy atom. The molecule has 1 saturated carbocycles. The van der Waals surface area contributed by atoms with Gasteiger partial charge in [-0.05, 0) is 39.2 Å². The average molecular weight is 267 g/mol. The Kier molecular flexibility index (Phi) is 2.92. The summed E-state index contributed by atoms with van der Waals surface area (Å²) in [5.74, 6) is -0.909. The molecule has 0 aromatic carbocycles. The zero-order valence-electron chi connectivity index (χ0n) is 11.3. The van der Waals surface area contributed by atoms with Gasteiger partial charge in [-0.3, -0.25) is 4.90 Å². The molecule has 0 spiro atoms. The number of carbonyl (C=O) groups is 2. The monoisotopic (exact) mass is 267 g/mol. The smallest absolute Gasteiger partial charge is 0.329 e. The average Bonchev–Trinajstić information content (AvgIpc) is 3.00. The maximum absolute atomic E-state index is 12.3. The molecule has 0 aromatic rings. The third-order valence-electron chi connectivity index (χ3n) is 4.70. The molecule has 2 saturated heterocycles. The van der Waals surface area contributed by atoms with Gasteiger partial charge in [0.05, 0.1) is 0 Å². The number of carboxylic acid groups (broad SMARTS) is 1. The van der Waals surface area contributed by atoms with E-state index in [-0.39, 0.29) is 12.1 Å².